The third kappa shape index (κ3) is 2.01. The largest absolute Gasteiger partial charge is 0.497 e. The molecule has 0 aliphatic carbocycles. The summed E-state index contributed by atoms with van der Waals surface area (Å²) in [7, 11) is 1.66. The van der Waals surface area contributed by atoms with Gasteiger partial charge in [0.1, 0.15) is 11.6 Å². The van der Waals surface area contributed by atoms with Crippen LogP contribution >= 0.6 is 0 Å². The molecule has 3 aromatic rings. The Morgan fingerprint density at radius 2 is 2.00 bits per heavy atom. The summed E-state index contributed by atoms with van der Waals surface area (Å²) in [6, 6.07) is 11.6. The molecule has 2 aromatic carbocycles. The normalized spacial score (nSPS) is 10.8. The van der Waals surface area contributed by atoms with E-state index in [0.29, 0.717) is 0 Å². The summed E-state index contributed by atoms with van der Waals surface area (Å²) in [5, 5.41) is 0. The zero-order chi connectivity index (χ0) is 13.4. The molecule has 0 radical (unpaired) electrons. The number of ether oxygens (including phenoxy) is 1. The summed E-state index contributed by atoms with van der Waals surface area (Å²) in [5.41, 5.74) is 10.6. The molecule has 4 nitrogen and oxygen atoms in total. The minimum Gasteiger partial charge on any atom is -0.497 e. The van der Waals surface area contributed by atoms with E-state index in [2.05, 4.69) is 9.97 Å². The average Bonchev–Trinajstić information content (AvgIpc) is 2.80. The van der Waals surface area contributed by atoms with Crippen LogP contribution in [0, 0.1) is 6.92 Å². The molecule has 19 heavy (non-hydrogen) atoms. The van der Waals surface area contributed by atoms with Crippen LogP contribution in [0.4, 0.5) is 5.69 Å². The summed E-state index contributed by atoms with van der Waals surface area (Å²) in [4.78, 5) is 7.91. The number of anilines is 1. The van der Waals surface area contributed by atoms with Gasteiger partial charge in [0.15, 0.2) is 0 Å². The first-order valence-electron chi connectivity index (χ1n) is 6.07. The predicted octanol–water partition coefficient (Wildman–Crippen LogP) is 3.13. The summed E-state index contributed by atoms with van der Waals surface area (Å²) in [6.45, 7) is 2.03. The van der Waals surface area contributed by atoms with E-state index in [1.807, 2.05) is 43.3 Å². The molecule has 4 heteroatoms. The highest BCUT2D eigenvalue weighted by Crippen LogP contribution is 2.26. The number of H-pyrrole nitrogens is 1. The fourth-order valence-electron chi connectivity index (χ4n) is 2.20. The molecule has 0 saturated heterocycles. The van der Waals surface area contributed by atoms with Crippen molar-refractivity contribution in [2.45, 2.75) is 6.92 Å². The van der Waals surface area contributed by atoms with Gasteiger partial charge in [0, 0.05) is 17.3 Å². The van der Waals surface area contributed by atoms with Crippen LogP contribution in [0.2, 0.25) is 0 Å². The number of imidazole rings is 1. The van der Waals surface area contributed by atoms with Crippen molar-refractivity contribution >= 4 is 16.7 Å². The van der Waals surface area contributed by atoms with Crippen LogP contribution in [0.15, 0.2) is 36.4 Å². The average molecular weight is 253 g/mol. The lowest BCUT2D eigenvalue weighted by molar-refractivity contribution is 0.415. The Labute approximate surface area is 111 Å². The van der Waals surface area contributed by atoms with Gasteiger partial charge in [-0.3, -0.25) is 0 Å². The van der Waals surface area contributed by atoms with Gasteiger partial charge in [0.25, 0.3) is 0 Å². The van der Waals surface area contributed by atoms with Crippen LogP contribution < -0.4 is 10.5 Å². The number of aryl methyl sites for hydroxylation is 1. The Kier molecular flexibility index (Phi) is 2.63. The van der Waals surface area contributed by atoms with Crippen LogP contribution in [0.25, 0.3) is 22.4 Å². The molecule has 0 aliphatic heterocycles. The second kappa shape index (κ2) is 4.31. The van der Waals surface area contributed by atoms with Gasteiger partial charge in [0.05, 0.1) is 18.1 Å². The quantitative estimate of drug-likeness (QED) is 0.690. The summed E-state index contributed by atoms with van der Waals surface area (Å²) in [5.74, 6) is 1.66. The van der Waals surface area contributed by atoms with E-state index in [0.717, 1.165) is 39.4 Å². The lowest BCUT2D eigenvalue weighted by Gasteiger charge is -2.03. The van der Waals surface area contributed by atoms with Crippen molar-refractivity contribution in [3.05, 3.63) is 42.0 Å². The van der Waals surface area contributed by atoms with Crippen molar-refractivity contribution in [3.63, 3.8) is 0 Å². The maximum absolute atomic E-state index is 5.77. The molecule has 0 fully saturated rings. The van der Waals surface area contributed by atoms with Crippen LogP contribution in [-0.2, 0) is 0 Å². The number of rotatable bonds is 2. The molecular formula is C15H15N3O. The lowest BCUT2D eigenvalue weighted by atomic mass is 10.1. The zero-order valence-corrected chi connectivity index (χ0v) is 10.9. The number of hydrogen-bond acceptors (Lipinski definition) is 3. The first-order valence-corrected chi connectivity index (χ1v) is 6.07. The Bertz CT molecular complexity index is 746. The zero-order valence-electron chi connectivity index (χ0n) is 10.9. The fraction of sp³-hybridized carbons (Fsp3) is 0.133. The highest BCUT2D eigenvalue weighted by molar-refractivity contribution is 5.81. The van der Waals surface area contributed by atoms with Gasteiger partial charge >= 0.3 is 0 Å². The van der Waals surface area contributed by atoms with Crippen molar-refractivity contribution in [2.24, 2.45) is 0 Å². The van der Waals surface area contributed by atoms with Gasteiger partial charge < -0.3 is 15.5 Å². The topological polar surface area (TPSA) is 63.9 Å². The molecule has 96 valence electrons. The maximum atomic E-state index is 5.77. The molecule has 0 saturated carbocycles. The number of hydrogen-bond donors (Lipinski definition) is 2. The smallest absolute Gasteiger partial charge is 0.138 e. The number of nitrogens with one attached hydrogen (secondary N) is 1. The second-order valence-electron chi connectivity index (χ2n) is 4.54. The van der Waals surface area contributed by atoms with Gasteiger partial charge in [-0.05, 0) is 42.8 Å². The highest BCUT2D eigenvalue weighted by Gasteiger charge is 2.08. The molecule has 1 heterocycles. The Balaban J connectivity index is 2.14. The Morgan fingerprint density at radius 3 is 2.74 bits per heavy atom. The minimum absolute atomic E-state index is 0.763. The number of nitrogens with zero attached hydrogens (tertiary/aromatic N) is 1. The van der Waals surface area contributed by atoms with Crippen molar-refractivity contribution in [3.8, 4) is 17.1 Å². The first kappa shape index (κ1) is 11.6. The van der Waals surface area contributed by atoms with Gasteiger partial charge in [-0.25, -0.2) is 4.98 Å². The molecule has 0 bridgehead atoms. The molecule has 1 aromatic heterocycles. The monoisotopic (exact) mass is 253 g/mol. The lowest BCUT2D eigenvalue weighted by Crippen LogP contribution is -1.89. The number of aromatic amines is 1. The van der Waals surface area contributed by atoms with Crippen LogP contribution in [0.3, 0.4) is 0 Å². The molecule has 0 spiro atoms. The van der Waals surface area contributed by atoms with E-state index < -0.39 is 0 Å². The number of nitrogen functional groups attached to an aromatic ring is 1. The first-order chi connectivity index (χ1) is 9.17. The van der Waals surface area contributed by atoms with E-state index in [1.54, 1.807) is 7.11 Å². The Morgan fingerprint density at radius 1 is 1.16 bits per heavy atom. The predicted molar refractivity (Wildman–Crippen MR) is 77.2 cm³/mol. The van der Waals surface area contributed by atoms with Gasteiger partial charge in [-0.15, -0.1) is 0 Å². The van der Waals surface area contributed by atoms with E-state index >= 15 is 0 Å². The maximum Gasteiger partial charge on any atom is 0.138 e. The van der Waals surface area contributed by atoms with E-state index in [1.165, 1.54) is 0 Å². The standard InChI is InChI=1S/C15H15N3O/c1-9-7-10(16)3-5-12(9)15-17-13-6-4-11(19-2)8-14(13)18-15/h3-8H,16H2,1-2H3,(H,17,18). The van der Waals surface area contributed by atoms with Crippen LogP contribution in [-0.4, -0.2) is 17.1 Å². The van der Waals surface area contributed by atoms with Crippen molar-refractivity contribution in [1.82, 2.24) is 9.97 Å². The number of nitrogens with two attached hydrogens (primary N) is 1. The van der Waals surface area contributed by atoms with Gasteiger partial charge in [0.2, 0.25) is 0 Å². The van der Waals surface area contributed by atoms with Gasteiger partial charge in [-0.2, -0.15) is 0 Å². The third-order valence-corrected chi connectivity index (χ3v) is 3.19. The number of methoxy groups -OCH3 is 1. The van der Waals surface area contributed by atoms with Crippen LogP contribution in [0.5, 0.6) is 5.75 Å². The molecule has 0 atom stereocenters. The highest BCUT2D eigenvalue weighted by atomic mass is 16.5. The SMILES string of the molecule is COc1ccc2nc(-c3ccc(N)cc3C)[nH]c2c1. The third-order valence-electron chi connectivity index (χ3n) is 3.19. The van der Waals surface area contributed by atoms with Crippen molar-refractivity contribution in [2.75, 3.05) is 12.8 Å². The van der Waals surface area contributed by atoms with Crippen LogP contribution in [0.1, 0.15) is 5.56 Å². The van der Waals surface area contributed by atoms with Crippen molar-refractivity contribution in [1.29, 1.82) is 0 Å². The molecule has 3 rings (SSSR count). The molecule has 3 N–H and O–H groups in total. The van der Waals surface area contributed by atoms with E-state index in [4.69, 9.17) is 10.5 Å². The van der Waals surface area contributed by atoms with Gasteiger partial charge in [-0.1, -0.05) is 0 Å². The number of fused-ring (bicyclic) bond motifs is 1. The molecule has 0 unspecified atom stereocenters. The number of aromatic nitrogens is 2. The van der Waals surface area contributed by atoms with E-state index in [-0.39, 0.29) is 0 Å². The van der Waals surface area contributed by atoms with E-state index in [9.17, 15) is 0 Å². The van der Waals surface area contributed by atoms with Crippen molar-refractivity contribution < 1.29 is 4.74 Å². The number of benzene rings is 2. The molecule has 0 amide bonds. The molecule has 0 aliphatic rings. The summed E-state index contributed by atoms with van der Waals surface area (Å²) in [6.07, 6.45) is 0. The Hall–Kier alpha value is -2.49. The fourth-order valence-corrected chi connectivity index (χ4v) is 2.20. The summed E-state index contributed by atoms with van der Waals surface area (Å²) >= 11 is 0. The summed E-state index contributed by atoms with van der Waals surface area (Å²) < 4.78 is 5.21. The second-order valence-corrected chi connectivity index (χ2v) is 4.54. The minimum atomic E-state index is 0.763. The molecular weight excluding hydrogens is 238 g/mol.